The van der Waals surface area contributed by atoms with E-state index in [4.69, 9.17) is 4.42 Å². The van der Waals surface area contributed by atoms with E-state index in [1.165, 1.54) is 16.6 Å². The molecule has 0 aliphatic carbocycles. The number of piperidine rings is 1. The van der Waals surface area contributed by atoms with Crippen LogP contribution in [0.1, 0.15) is 29.6 Å². The molecule has 34 heavy (non-hydrogen) atoms. The molecule has 10 nitrogen and oxygen atoms in total. The van der Waals surface area contributed by atoms with Crippen molar-refractivity contribution in [2.45, 2.75) is 32.0 Å². The van der Waals surface area contributed by atoms with E-state index >= 15 is 0 Å². The van der Waals surface area contributed by atoms with Gasteiger partial charge in [0.05, 0.1) is 19.3 Å². The Morgan fingerprint density at radius 1 is 1.03 bits per heavy atom. The van der Waals surface area contributed by atoms with Crippen LogP contribution in [0, 0.1) is 5.92 Å². The van der Waals surface area contributed by atoms with Gasteiger partial charge in [0.25, 0.3) is 5.56 Å². The number of hydrogen-bond donors (Lipinski definition) is 1. The summed E-state index contributed by atoms with van der Waals surface area (Å²) in [6.07, 6.45) is 2.24. The highest BCUT2D eigenvalue weighted by molar-refractivity contribution is 7.88. The number of pyridine rings is 1. The fraction of sp³-hybridized carbons (Fsp3) is 0.565. The molecule has 2 aromatic rings. The van der Waals surface area contributed by atoms with Crippen LogP contribution in [0.4, 0.5) is 0 Å². The second kappa shape index (κ2) is 8.95. The van der Waals surface area contributed by atoms with E-state index in [9.17, 15) is 23.1 Å². The number of sulfonamides is 1. The minimum absolute atomic E-state index is 0.0483. The molecule has 5 heterocycles. The molecule has 0 radical (unpaired) electrons. The zero-order valence-electron chi connectivity index (χ0n) is 19.2. The molecule has 184 valence electrons. The third-order valence-corrected chi connectivity index (χ3v) is 8.45. The van der Waals surface area contributed by atoms with E-state index in [0.29, 0.717) is 50.9 Å². The zero-order chi connectivity index (χ0) is 24.0. The fourth-order valence-electron chi connectivity index (χ4n) is 5.54. The Bertz CT molecular complexity index is 1300. The van der Waals surface area contributed by atoms with Crippen molar-refractivity contribution in [3.63, 3.8) is 0 Å². The van der Waals surface area contributed by atoms with Crippen molar-refractivity contribution in [2.24, 2.45) is 5.92 Å². The summed E-state index contributed by atoms with van der Waals surface area (Å²) in [7, 11) is -3.23. The second-order valence-corrected chi connectivity index (χ2v) is 11.7. The van der Waals surface area contributed by atoms with Crippen LogP contribution in [-0.2, 0) is 29.7 Å². The lowest BCUT2D eigenvalue weighted by Crippen LogP contribution is -2.47. The van der Waals surface area contributed by atoms with Crippen molar-refractivity contribution < 1.29 is 17.9 Å². The minimum Gasteiger partial charge on any atom is -0.502 e. The predicted octanol–water partition coefficient (Wildman–Crippen LogP) is 0.204. The van der Waals surface area contributed by atoms with Crippen LogP contribution in [0.3, 0.4) is 0 Å². The number of piperazine rings is 1. The quantitative estimate of drug-likeness (QED) is 0.632. The van der Waals surface area contributed by atoms with E-state index < -0.39 is 21.2 Å². The van der Waals surface area contributed by atoms with Gasteiger partial charge in [0, 0.05) is 69.6 Å². The maximum atomic E-state index is 12.5. The summed E-state index contributed by atoms with van der Waals surface area (Å²) in [5.74, 6) is 0.942. The van der Waals surface area contributed by atoms with Gasteiger partial charge in [-0.1, -0.05) is 6.07 Å². The Balaban J connectivity index is 1.28. The summed E-state index contributed by atoms with van der Waals surface area (Å²) in [5, 5.41) is 10.3. The maximum absolute atomic E-state index is 12.5. The van der Waals surface area contributed by atoms with Gasteiger partial charge in [-0.05, 0) is 18.4 Å². The number of fused-ring (bicyclic) bond motifs is 4. The first-order chi connectivity index (χ1) is 16.2. The van der Waals surface area contributed by atoms with E-state index in [1.807, 2.05) is 21.6 Å². The molecule has 3 aliphatic heterocycles. The van der Waals surface area contributed by atoms with Crippen molar-refractivity contribution in [3.05, 3.63) is 62.1 Å². The molecule has 0 aromatic carbocycles. The predicted molar refractivity (Wildman–Crippen MR) is 125 cm³/mol. The van der Waals surface area contributed by atoms with Gasteiger partial charge in [-0.25, -0.2) is 8.42 Å². The molecule has 11 heteroatoms. The number of likely N-dealkylation sites (tertiary alicyclic amines) is 1. The van der Waals surface area contributed by atoms with Crippen molar-refractivity contribution in [1.29, 1.82) is 0 Å². The van der Waals surface area contributed by atoms with Crippen molar-refractivity contribution in [2.75, 3.05) is 45.5 Å². The number of aromatic nitrogens is 1. The maximum Gasteiger partial charge on any atom is 0.250 e. The van der Waals surface area contributed by atoms with E-state index in [1.54, 1.807) is 6.07 Å². The molecule has 0 spiro atoms. The Kier molecular flexibility index (Phi) is 6.13. The average molecular weight is 491 g/mol. The molecule has 1 N–H and O–H groups in total. The lowest BCUT2D eigenvalue weighted by atomic mass is 9.83. The Hall–Kier alpha value is -2.47. The first-order valence-corrected chi connectivity index (χ1v) is 13.5. The van der Waals surface area contributed by atoms with Gasteiger partial charge in [0.2, 0.25) is 21.2 Å². The first-order valence-electron chi connectivity index (χ1n) is 11.6. The van der Waals surface area contributed by atoms with Gasteiger partial charge in [-0.2, -0.15) is 4.31 Å². The highest BCUT2D eigenvalue weighted by atomic mass is 32.2. The second-order valence-electron chi connectivity index (χ2n) is 9.68. The molecule has 2 saturated heterocycles. The Morgan fingerprint density at radius 3 is 2.53 bits per heavy atom. The van der Waals surface area contributed by atoms with Crippen LogP contribution in [0.25, 0.3) is 0 Å². The first kappa shape index (κ1) is 23.3. The SMILES string of the molecule is CS(=O)(=O)N1CCN(Cc2oc(CN3CC4CC(C3)c3cccc(=O)n3C4)cc(=O)c2O)CC1. The number of nitrogens with zero attached hydrogens (tertiary/aromatic N) is 4. The minimum atomic E-state index is -3.23. The summed E-state index contributed by atoms with van der Waals surface area (Å²) < 4.78 is 32.7. The lowest BCUT2D eigenvalue weighted by molar-refractivity contribution is 0.104. The van der Waals surface area contributed by atoms with Crippen molar-refractivity contribution in [3.8, 4) is 5.75 Å². The molecule has 2 atom stereocenters. The van der Waals surface area contributed by atoms with E-state index in [-0.39, 0.29) is 23.8 Å². The molecule has 2 fully saturated rings. The van der Waals surface area contributed by atoms with Gasteiger partial charge < -0.3 is 14.1 Å². The normalized spacial score (nSPS) is 24.1. The lowest BCUT2D eigenvalue weighted by Gasteiger charge is -2.42. The van der Waals surface area contributed by atoms with Gasteiger partial charge in [-0.3, -0.25) is 19.4 Å². The molecule has 5 rings (SSSR count). The van der Waals surface area contributed by atoms with E-state index in [0.717, 1.165) is 25.2 Å². The van der Waals surface area contributed by atoms with Gasteiger partial charge in [0.15, 0.2) is 5.76 Å². The molecule has 2 bridgehead atoms. The third-order valence-electron chi connectivity index (χ3n) is 7.15. The highest BCUT2D eigenvalue weighted by Crippen LogP contribution is 2.35. The van der Waals surface area contributed by atoms with Crippen molar-refractivity contribution in [1.82, 2.24) is 18.7 Å². The van der Waals surface area contributed by atoms with Gasteiger partial charge in [0.1, 0.15) is 5.76 Å². The van der Waals surface area contributed by atoms with E-state index in [2.05, 4.69) is 4.90 Å². The molecule has 0 saturated carbocycles. The summed E-state index contributed by atoms with van der Waals surface area (Å²) in [5.41, 5.74) is 0.641. The monoisotopic (exact) mass is 490 g/mol. The van der Waals surface area contributed by atoms with Crippen LogP contribution in [0.15, 0.2) is 38.3 Å². The molecule has 3 aliphatic rings. The number of rotatable bonds is 5. The molecular formula is C23H30N4O6S. The molecular weight excluding hydrogens is 460 g/mol. The largest absolute Gasteiger partial charge is 0.502 e. The van der Waals surface area contributed by atoms with Crippen LogP contribution < -0.4 is 11.0 Å². The highest BCUT2D eigenvalue weighted by Gasteiger charge is 2.35. The van der Waals surface area contributed by atoms with Crippen LogP contribution in [-0.4, -0.2) is 77.7 Å². The van der Waals surface area contributed by atoms with Crippen LogP contribution in [0.5, 0.6) is 5.75 Å². The van der Waals surface area contributed by atoms with Crippen LogP contribution >= 0.6 is 0 Å². The van der Waals surface area contributed by atoms with Gasteiger partial charge >= 0.3 is 0 Å². The zero-order valence-corrected chi connectivity index (χ0v) is 20.0. The van der Waals surface area contributed by atoms with Crippen molar-refractivity contribution >= 4 is 10.0 Å². The number of aromatic hydroxyl groups is 1. The molecule has 2 aromatic heterocycles. The number of hydrogen-bond acceptors (Lipinski definition) is 8. The fourth-order valence-corrected chi connectivity index (χ4v) is 6.37. The topological polar surface area (TPSA) is 116 Å². The standard InChI is InChI=1S/C23H30N4O6S/c1-34(31,32)26-7-5-24(6-8-26)15-21-23(30)20(28)10-18(33-21)14-25-11-16-9-17(13-25)19-3-2-4-22(29)27(19)12-16/h2-4,10,16-17,30H,5-9,11-15H2,1H3. The third kappa shape index (κ3) is 4.70. The summed E-state index contributed by atoms with van der Waals surface area (Å²) in [6, 6.07) is 6.79. The van der Waals surface area contributed by atoms with Crippen LogP contribution in [0.2, 0.25) is 0 Å². The summed E-state index contributed by atoms with van der Waals surface area (Å²) in [6.45, 7) is 4.70. The molecule has 0 amide bonds. The average Bonchev–Trinajstić information content (AvgIpc) is 2.78. The Morgan fingerprint density at radius 2 is 1.79 bits per heavy atom. The Labute approximate surface area is 198 Å². The summed E-state index contributed by atoms with van der Waals surface area (Å²) >= 11 is 0. The van der Waals surface area contributed by atoms with Gasteiger partial charge in [-0.15, -0.1) is 0 Å². The summed E-state index contributed by atoms with van der Waals surface area (Å²) in [4.78, 5) is 28.9. The smallest absolute Gasteiger partial charge is 0.250 e. The molecule has 2 unspecified atom stereocenters.